The lowest BCUT2D eigenvalue weighted by Crippen LogP contribution is -2.50. The highest BCUT2D eigenvalue weighted by molar-refractivity contribution is 9.10. The molecule has 1 aromatic heterocycles. The monoisotopic (exact) mass is 311 g/mol. The van der Waals surface area contributed by atoms with Crippen molar-refractivity contribution in [3.63, 3.8) is 0 Å². The first kappa shape index (κ1) is 13.8. The maximum absolute atomic E-state index is 4.42. The number of aromatic nitrogens is 1. The maximum atomic E-state index is 4.42. The molecule has 2 heterocycles. The molecule has 1 aliphatic heterocycles. The number of anilines is 1. The van der Waals surface area contributed by atoms with E-state index in [2.05, 4.69) is 51.5 Å². The van der Waals surface area contributed by atoms with Crippen molar-refractivity contribution in [3.05, 3.63) is 22.3 Å². The number of aryl methyl sites for hydroxylation is 1. The van der Waals surface area contributed by atoms with Crippen LogP contribution in [0, 0.1) is 12.3 Å². The average Bonchev–Trinajstić information content (AvgIpc) is 2.29. The zero-order chi connectivity index (χ0) is 13.2. The molecular weight excluding hydrogens is 290 g/mol. The number of hydrogen-bond donors (Lipinski definition) is 2. The first-order chi connectivity index (χ1) is 8.49. The second kappa shape index (κ2) is 5.57. The highest BCUT2D eigenvalue weighted by Gasteiger charge is 2.31. The van der Waals surface area contributed by atoms with Gasteiger partial charge in [-0.2, -0.15) is 0 Å². The number of pyridine rings is 1. The maximum Gasteiger partial charge on any atom is 0.140 e. The van der Waals surface area contributed by atoms with E-state index in [0.717, 1.165) is 23.4 Å². The van der Waals surface area contributed by atoms with Gasteiger partial charge in [0.1, 0.15) is 5.82 Å². The van der Waals surface area contributed by atoms with E-state index < -0.39 is 0 Å². The minimum absolute atomic E-state index is 0.350. The largest absolute Gasteiger partial charge is 0.368 e. The van der Waals surface area contributed by atoms with Crippen LogP contribution in [0.5, 0.6) is 0 Å². The Labute approximate surface area is 118 Å². The van der Waals surface area contributed by atoms with Gasteiger partial charge in [-0.15, -0.1) is 0 Å². The van der Waals surface area contributed by atoms with Crippen molar-refractivity contribution in [1.29, 1.82) is 0 Å². The number of nitrogens with zero attached hydrogens (tertiary/aromatic N) is 1. The highest BCUT2D eigenvalue weighted by Crippen LogP contribution is 2.30. The fourth-order valence-electron chi connectivity index (χ4n) is 2.48. The van der Waals surface area contributed by atoms with E-state index >= 15 is 0 Å². The lowest BCUT2D eigenvalue weighted by Gasteiger charge is -2.39. The van der Waals surface area contributed by atoms with Crippen molar-refractivity contribution in [2.24, 2.45) is 5.41 Å². The molecule has 1 fully saturated rings. The van der Waals surface area contributed by atoms with E-state index in [4.69, 9.17) is 0 Å². The van der Waals surface area contributed by atoms with Gasteiger partial charge in [0, 0.05) is 18.8 Å². The predicted octanol–water partition coefficient (Wildman–Crippen LogP) is 3.34. The average molecular weight is 312 g/mol. The molecule has 1 aliphatic rings. The van der Waals surface area contributed by atoms with Crippen LogP contribution in [-0.4, -0.2) is 24.1 Å². The standard InChI is InChI=1S/C14H22BrN3/c1-10-7-11(15)13(17-8-10)18-9-12-14(2,3)5-4-6-16-12/h7-8,12,16H,4-6,9H2,1-3H3,(H,17,18). The van der Waals surface area contributed by atoms with Crippen molar-refractivity contribution in [2.75, 3.05) is 18.4 Å². The van der Waals surface area contributed by atoms with E-state index in [1.54, 1.807) is 0 Å². The molecule has 0 aromatic carbocycles. The van der Waals surface area contributed by atoms with Crippen LogP contribution in [-0.2, 0) is 0 Å². The summed E-state index contributed by atoms with van der Waals surface area (Å²) in [6.45, 7) is 8.76. The Morgan fingerprint density at radius 1 is 1.56 bits per heavy atom. The molecule has 1 unspecified atom stereocenters. The van der Waals surface area contributed by atoms with Crippen molar-refractivity contribution < 1.29 is 0 Å². The van der Waals surface area contributed by atoms with Gasteiger partial charge in [0.25, 0.3) is 0 Å². The molecule has 0 spiro atoms. The molecule has 0 radical (unpaired) electrons. The zero-order valence-electron chi connectivity index (χ0n) is 11.4. The Morgan fingerprint density at radius 3 is 3.00 bits per heavy atom. The number of halogens is 1. The molecule has 100 valence electrons. The predicted molar refractivity (Wildman–Crippen MR) is 80.0 cm³/mol. The lowest BCUT2D eigenvalue weighted by atomic mass is 9.77. The molecule has 4 heteroatoms. The SMILES string of the molecule is Cc1cnc(NCC2NCCCC2(C)C)c(Br)c1. The second-order valence-electron chi connectivity index (χ2n) is 5.82. The molecule has 2 N–H and O–H groups in total. The van der Waals surface area contributed by atoms with Gasteiger partial charge < -0.3 is 10.6 Å². The molecule has 0 bridgehead atoms. The highest BCUT2D eigenvalue weighted by atomic mass is 79.9. The fourth-order valence-corrected chi connectivity index (χ4v) is 3.09. The second-order valence-corrected chi connectivity index (χ2v) is 6.68. The molecule has 0 saturated carbocycles. The summed E-state index contributed by atoms with van der Waals surface area (Å²) in [5.74, 6) is 0.934. The van der Waals surface area contributed by atoms with Gasteiger partial charge in [0.15, 0.2) is 0 Å². The van der Waals surface area contributed by atoms with Gasteiger partial charge in [0.2, 0.25) is 0 Å². The Balaban J connectivity index is 1.98. The third-order valence-electron chi connectivity index (χ3n) is 3.78. The molecule has 1 saturated heterocycles. The van der Waals surface area contributed by atoms with Gasteiger partial charge in [-0.05, 0) is 59.3 Å². The van der Waals surface area contributed by atoms with Crippen LogP contribution in [0.3, 0.4) is 0 Å². The third kappa shape index (κ3) is 3.23. The van der Waals surface area contributed by atoms with Crippen molar-refractivity contribution in [2.45, 2.75) is 39.7 Å². The molecule has 18 heavy (non-hydrogen) atoms. The van der Waals surface area contributed by atoms with Gasteiger partial charge in [0.05, 0.1) is 4.47 Å². The number of rotatable bonds is 3. The van der Waals surface area contributed by atoms with Crippen molar-refractivity contribution in [3.8, 4) is 0 Å². The quantitative estimate of drug-likeness (QED) is 0.899. The summed E-state index contributed by atoms with van der Waals surface area (Å²) < 4.78 is 1.04. The zero-order valence-corrected chi connectivity index (χ0v) is 13.0. The van der Waals surface area contributed by atoms with Crippen molar-refractivity contribution >= 4 is 21.7 Å². The summed E-state index contributed by atoms with van der Waals surface area (Å²) in [5, 5.41) is 7.05. The summed E-state index contributed by atoms with van der Waals surface area (Å²) in [4.78, 5) is 4.42. The van der Waals surface area contributed by atoms with Gasteiger partial charge in [-0.1, -0.05) is 13.8 Å². The third-order valence-corrected chi connectivity index (χ3v) is 4.39. The van der Waals surface area contributed by atoms with Crippen molar-refractivity contribution in [1.82, 2.24) is 10.3 Å². The normalized spacial score (nSPS) is 22.8. The van der Waals surface area contributed by atoms with E-state index in [1.165, 1.54) is 18.4 Å². The molecule has 1 atom stereocenters. The Bertz CT molecular complexity index is 418. The van der Waals surface area contributed by atoms with Crippen LogP contribution in [0.25, 0.3) is 0 Å². The smallest absolute Gasteiger partial charge is 0.140 e. The Kier molecular flexibility index (Phi) is 4.28. The van der Waals surface area contributed by atoms with Crippen LogP contribution in [0.15, 0.2) is 16.7 Å². The molecule has 3 nitrogen and oxygen atoms in total. The fraction of sp³-hybridized carbons (Fsp3) is 0.643. The molecule has 1 aromatic rings. The summed E-state index contributed by atoms with van der Waals surface area (Å²) in [5.41, 5.74) is 1.52. The minimum atomic E-state index is 0.350. The van der Waals surface area contributed by atoms with E-state index in [-0.39, 0.29) is 0 Å². The summed E-state index contributed by atoms with van der Waals surface area (Å²) in [6.07, 6.45) is 4.46. The number of nitrogens with one attached hydrogen (secondary N) is 2. The topological polar surface area (TPSA) is 37.0 Å². The molecule has 2 rings (SSSR count). The van der Waals surface area contributed by atoms with Crippen LogP contribution in [0.1, 0.15) is 32.3 Å². The van der Waals surface area contributed by atoms with E-state index in [0.29, 0.717) is 11.5 Å². The van der Waals surface area contributed by atoms with Gasteiger partial charge >= 0.3 is 0 Å². The Hall–Kier alpha value is -0.610. The first-order valence-electron chi connectivity index (χ1n) is 6.58. The number of hydrogen-bond acceptors (Lipinski definition) is 3. The van der Waals surface area contributed by atoms with Gasteiger partial charge in [-0.3, -0.25) is 0 Å². The summed E-state index contributed by atoms with van der Waals surface area (Å²) in [7, 11) is 0. The van der Waals surface area contributed by atoms with Crippen LogP contribution in [0.2, 0.25) is 0 Å². The number of piperidine rings is 1. The van der Waals surface area contributed by atoms with E-state index in [1.807, 2.05) is 13.1 Å². The summed E-state index contributed by atoms with van der Waals surface area (Å²) >= 11 is 3.56. The van der Waals surface area contributed by atoms with Gasteiger partial charge in [-0.25, -0.2) is 4.98 Å². The summed E-state index contributed by atoms with van der Waals surface area (Å²) in [6, 6.07) is 2.59. The molecule has 0 aliphatic carbocycles. The Morgan fingerprint density at radius 2 is 2.33 bits per heavy atom. The minimum Gasteiger partial charge on any atom is -0.368 e. The molecule has 0 amide bonds. The molecular formula is C14H22BrN3. The first-order valence-corrected chi connectivity index (χ1v) is 7.38. The lowest BCUT2D eigenvalue weighted by molar-refractivity contribution is 0.188. The van der Waals surface area contributed by atoms with Crippen LogP contribution >= 0.6 is 15.9 Å². The van der Waals surface area contributed by atoms with Crippen LogP contribution < -0.4 is 10.6 Å². The van der Waals surface area contributed by atoms with Crippen LogP contribution in [0.4, 0.5) is 5.82 Å². The van der Waals surface area contributed by atoms with E-state index in [9.17, 15) is 0 Å².